The Morgan fingerprint density at radius 1 is 1.57 bits per heavy atom. The number of anilines is 1. The highest BCUT2D eigenvalue weighted by Crippen LogP contribution is 2.31. The number of nitrogens with one attached hydrogen (secondary N) is 1. The van der Waals surface area contributed by atoms with Gasteiger partial charge in [-0.2, -0.15) is 0 Å². The zero-order chi connectivity index (χ0) is 10.1. The Hall–Kier alpha value is -0.780. The van der Waals surface area contributed by atoms with Crippen LogP contribution in [0.15, 0.2) is 18.2 Å². The molecule has 0 saturated heterocycles. The Labute approximate surface area is 96.0 Å². The Morgan fingerprint density at radius 3 is 3.07 bits per heavy atom. The van der Waals surface area contributed by atoms with E-state index in [1.54, 1.807) is 0 Å². The lowest BCUT2D eigenvalue weighted by Crippen LogP contribution is -2.36. The summed E-state index contributed by atoms with van der Waals surface area (Å²) in [5.74, 6) is 0.707. The quantitative estimate of drug-likeness (QED) is 0.809. The third-order valence-corrected chi connectivity index (χ3v) is 2.80. The molecule has 1 aromatic rings. The van der Waals surface area contributed by atoms with Gasteiger partial charge in [0.2, 0.25) is 0 Å². The van der Waals surface area contributed by atoms with Gasteiger partial charge in [-0.3, -0.25) is 4.79 Å². The van der Waals surface area contributed by atoms with Gasteiger partial charge in [-0.05, 0) is 47.2 Å². The molecule has 0 bridgehead atoms. The third kappa shape index (κ3) is 1.70. The van der Waals surface area contributed by atoms with Gasteiger partial charge in [-0.25, -0.2) is 0 Å². The van der Waals surface area contributed by atoms with E-state index in [9.17, 15) is 4.79 Å². The summed E-state index contributed by atoms with van der Waals surface area (Å²) < 4.78 is 6.62. The molecule has 0 saturated carbocycles. The molecule has 0 fully saturated rings. The fourth-order valence-electron chi connectivity index (χ4n) is 1.39. The SMILES string of the molecule is CCC1Oc2ccc(I)cc2NC1=O. The van der Waals surface area contributed by atoms with Crippen LogP contribution in [0.5, 0.6) is 5.75 Å². The van der Waals surface area contributed by atoms with Gasteiger partial charge in [-0.1, -0.05) is 6.92 Å². The van der Waals surface area contributed by atoms with Crippen molar-refractivity contribution >= 4 is 34.2 Å². The second kappa shape index (κ2) is 3.76. The van der Waals surface area contributed by atoms with Crippen molar-refractivity contribution in [2.24, 2.45) is 0 Å². The van der Waals surface area contributed by atoms with Crippen LogP contribution >= 0.6 is 22.6 Å². The van der Waals surface area contributed by atoms with Crippen LogP contribution in [-0.2, 0) is 4.79 Å². The third-order valence-electron chi connectivity index (χ3n) is 2.13. The highest BCUT2D eigenvalue weighted by molar-refractivity contribution is 14.1. The minimum atomic E-state index is -0.345. The van der Waals surface area contributed by atoms with Crippen molar-refractivity contribution in [3.63, 3.8) is 0 Å². The molecule has 0 aliphatic carbocycles. The Balaban J connectivity index is 2.35. The summed E-state index contributed by atoms with van der Waals surface area (Å²) in [5.41, 5.74) is 0.770. The fraction of sp³-hybridized carbons (Fsp3) is 0.300. The number of fused-ring (bicyclic) bond motifs is 1. The summed E-state index contributed by atoms with van der Waals surface area (Å²) in [5, 5.41) is 2.83. The zero-order valence-corrected chi connectivity index (χ0v) is 9.87. The van der Waals surface area contributed by atoms with Gasteiger partial charge in [0.05, 0.1) is 5.69 Å². The molecule has 3 nitrogen and oxygen atoms in total. The van der Waals surface area contributed by atoms with E-state index in [0.29, 0.717) is 6.42 Å². The molecular weight excluding hydrogens is 293 g/mol. The monoisotopic (exact) mass is 303 g/mol. The number of ether oxygens (including phenoxy) is 1. The molecule has 2 rings (SSSR count). The van der Waals surface area contributed by atoms with Crippen LogP contribution in [-0.4, -0.2) is 12.0 Å². The molecule has 1 unspecified atom stereocenters. The number of rotatable bonds is 1. The smallest absolute Gasteiger partial charge is 0.265 e. The lowest BCUT2D eigenvalue weighted by Gasteiger charge is -2.24. The topological polar surface area (TPSA) is 38.3 Å². The Bertz CT molecular complexity index is 378. The number of carbonyl (C=O) groups excluding carboxylic acids is 1. The minimum Gasteiger partial charge on any atom is -0.478 e. The van der Waals surface area contributed by atoms with Crippen LogP contribution in [0, 0.1) is 3.57 Å². The maximum Gasteiger partial charge on any atom is 0.265 e. The Kier molecular flexibility index (Phi) is 2.62. The van der Waals surface area contributed by atoms with Crippen LogP contribution < -0.4 is 10.1 Å². The molecule has 1 aliphatic heterocycles. The second-order valence-corrected chi connectivity index (χ2v) is 4.39. The lowest BCUT2D eigenvalue weighted by molar-refractivity contribution is -0.123. The summed E-state index contributed by atoms with van der Waals surface area (Å²) in [6.07, 6.45) is 0.347. The summed E-state index contributed by atoms with van der Waals surface area (Å²) >= 11 is 2.20. The average Bonchev–Trinajstić information content (AvgIpc) is 2.16. The van der Waals surface area contributed by atoms with E-state index in [1.165, 1.54) is 0 Å². The first-order chi connectivity index (χ1) is 6.70. The van der Waals surface area contributed by atoms with Crippen molar-refractivity contribution in [2.45, 2.75) is 19.4 Å². The van der Waals surface area contributed by atoms with Gasteiger partial charge in [0.15, 0.2) is 6.10 Å². The van der Waals surface area contributed by atoms with Crippen molar-refractivity contribution in [3.05, 3.63) is 21.8 Å². The summed E-state index contributed by atoms with van der Waals surface area (Å²) in [7, 11) is 0. The van der Waals surface area contributed by atoms with Gasteiger partial charge in [0, 0.05) is 3.57 Å². The predicted octanol–water partition coefficient (Wildman–Crippen LogP) is 2.40. The van der Waals surface area contributed by atoms with E-state index in [2.05, 4.69) is 27.9 Å². The molecular formula is C10H10INO2. The van der Waals surface area contributed by atoms with Gasteiger partial charge < -0.3 is 10.1 Å². The van der Waals surface area contributed by atoms with Crippen LogP contribution in [0.2, 0.25) is 0 Å². The molecule has 0 spiro atoms. The number of benzene rings is 1. The molecule has 1 aromatic carbocycles. The van der Waals surface area contributed by atoms with Crippen molar-refractivity contribution in [1.29, 1.82) is 0 Å². The number of hydrogen-bond donors (Lipinski definition) is 1. The van der Waals surface area contributed by atoms with Gasteiger partial charge in [0.1, 0.15) is 5.75 Å². The molecule has 0 radical (unpaired) electrons. The Morgan fingerprint density at radius 2 is 2.36 bits per heavy atom. The summed E-state index contributed by atoms with van der Waals surface area (Å²) in [6.45, 7) is 1.93. The standard InChI is InChI=1S/C10H10INO2/c1-2-8-10(13)12-7-5-6(11)3-4-9(7)14-8/h3-5,8H,2H2,1H3,(H,12,13). The van der Waals surface area contributed by atoms with Crippen LogP contribution in [0.4, 0.5) is 5.69 Å². The van der Waals surface area contributed by atoms with E-state index in [-0.39, 0.29) is 12.0 Å². The predicted molar refractivity (Wildman–Crippen MR) is 62.5 cm³/mol. The highest BCUT2D eigenvalue weighted by Gasteiger charge is 2.25. The molecule has 0 aromatic heterocycles. The van der Waals surface area contributed by atoms with E-state index >= 15 is 0 Å². The van der Waals surface area contributed by atoms with Crippen LogP contribution in [0.3, 0.4) is 0 Å². The van der Waals surface area contributed by atoms with Gasteiger partial charge in [-0.15, -0.1) is 0 Å². The second-order valence-electron chi connectivity index (χ2n) is 3.14. The maximum absolute atomic E-state index is 11.5. The highest BCUT2D eigenvalue weighted by atomic mass is 127. The minimum absolute atomic E-state index is 0.0537. The molecule has 1 atom stereocenters. The largest absolute Gasteiger partial charge is 0.478 e. The molecule has 1 aliphatic rings. The molecule has 14 heavy (non-hydrogen) atoms. The number of halogens is 1. The molecule has 1 N–H and O–H groups in total. The van der Waals surface area contributed by atoms with Gasteiger partial charge >= 0.3 is 0 Å². The first-order valence-electron chi connectivity index (χ1n) is 4.47. The van der Waals surface area contributed by atoms with E-state index < -0.39 is 0 Å². The number of amides is 1. The summed E-state index contributed by atoms with van der Waals surface area (Å²) in [4.78, 5) is 11.5. The fourth-order valence-corrected chi connectivity index (χ4v) is 1.88. The summed E-state index contributed by atoms with van der Waals surface area (Å²) in [6, 6.07) is 5.75. The average molecular weight is 303 g/mol. The van der Waals surface area contributed by atoms with E-state index in [1.807, 2.05) is 25.1 Å². The van der Waals surface area contributed by atoms with E-state index in [0.717, 1.165) is 15.0 Å². The van der Waals surface area contributed by atoms with E-state index in [4.69, 9.17) is 4.74 Å². The number of carbonyl (C=O) groups is 1. The first-order valence-corrected chi connectivity index (χ1v) is 5.55. The van der Waals surface area contributed by atoms with Crippen LogP contribution in [0.1, 0.15) is 13.3 Å². The first kappa shape index (κ1) is 9.76. The van der Waals surface area contributed by atoms with Crippen molar-refractivity contribution < 1.29 is 9.53 Å². The molecule has 1 heterocycles. The molecule has 4 heteroatoms. The van der Waals surface area contributed by atoms with Gasteiger partial charge in [0.25, 0.3) is 5.91 Å². The normalized spacial score (nSPS) is 19.6. The number of hydrogen-bond acceptors (Lipinski definition) is 2. The van der Waals surface area contributed by atoms with Crippen molar-refractivity contribution in [2.75, 3.05) is 5.32 Å². The molecule has 74 valence electrons. The lowest BCUT2D eigenvalue weighted by atomic mass is 10.2. The van der Waals surface area contributed by atoms with Crippen molar-refractivity contribution in [1.82, 2.24) is 0 Å². The zero-order valence-electron chi connectivity index (χ0n) is 7.71. The van der Waals surface area contributed by atoms with Crippen molar-refractivity contribution in [3.8, 4) is 5.75 Å². The van der Waals surface area contributed by atoms with Crippen LogP contribution in [0.25, 0.3) is 0 Å². The molecule has 1 amide bonds. The maximum atomic E-state index is 11.5.